The molecule has 4 aromatic rings. The second-order valence-electron chi connectivity index (χ2n) is 5.68. The van der Waals surface area contributed by atoms with E-state index in [1.807, 2.05) is 54.6 Å². The maximum absolute atomic E-state index is 9.85. The predicted octanol–water partition coefficient (Wildman–Crippen LogP) is 4.87. The van der Waals surface area contributed by atoms with Gasteiger partial charge in [-0.1, -0.05) is 28.1 Å². The Morgan fingerprint density at radius 3 is 2.60 bits per heavy atom. The number of para-hydroxylation sites is 2. The van der Waals surface area contributed by atoms with Gasteiger partial charge in [-0.3, -0.25) is 4.99 Å². The molecule has 0 saturated carbocycles. The molecule has 1 heterocycles. The van der Waals surface area contributed by atoms with Crippen LogP contribution in [0.15, 0.2) is 76.2 Å². The van der Waals surface area contributed by atoms with Crippen LogP contribution in [0.5, 0.6) is 5.75 Å². The minimum Gasteiger partial charge on any atom is -0.507 e. The third-order valence-corrected chi connectivity index (χ3v) is 4.44. The Labute approximate surface area is 153 Å². The number of imidazole rings is 1. The molecule has 5 heteroatoms. The van der Waals surface area contributed by atoms with E-state index in [1.165, 1.54) is 0 Å². The lowest BCUT2D eigenvalue weighted by Crippen LogP contribution is -2.01. The number of hydrogen-bond acceptors (Lipinski definition) is 2. The molecule has 0 unspecified atom stereocenters. The minimum atomic E-state index is 0.205. The molecule has 0 aliphatic carbocycles. The largest absolute Gasteiger partial charge is 0.507 e. The molecule has 0 radical (unpaired) electrons. The molecular weight excluding hydrogens is 378 g/mol. The second-order valence-corrected chi connectivity index (χ2v) is 6.59. The van der Waals surface area contributed by atoms with Gasteiger partial charge in [0.25, 0.3) is 5.82 Å². The molecule has 0 saturated heterocycles. The number of phenolic OH excluding ortho intramolecular Hbond substituents is 1. The molecule has 3 aromatic carbocycles. The van der Waals surface area contributed by atoms with Crippen LogP contribution in [0.3, 0.4) is 0 Å². The van der Waals surface area contributed by atoms with E-state index in [1.54, 1.807) is 18.3 Å². The molecule has 4 nitrogen and oxygen atoms in total. The first-order valence-corrected chi connectivity index (χ1v) is 8.61. The molecule has 4 rings (SSSR count). The Morgan fingerprint density at radius 1 is 1.00 bits per heavy atom. The quantitative estimate of drug-likeness (QED) is 0.480. The topological polar surface area (TPSA) is 62.5 Å². The van der Waals surface area contributed by atoms with Gasteiger partial charge in [-0.25, -0.2) is 9.97 Å². The van der Waals surface area contributed by atoms with Gasteiger partial charge in [0.15, 0.2) is 11.0 Å². The van der Waals surface area contributed by atoms with Crippen LogP contribution in [0.1, 0.15) is 5.56 Å². The molecule has 0 aliphatic heterocycles. The number of aromatic nitrogens is 2. The van der Waals surface area contributed by atoms with Crippen LogP contribution in [0.2, 0.25) is 0 Å². The van der Waals surface area contributed by atoms with Crippen molar-refractivity contribution in [1.82, 2.24) is 4.98 Å². The lowest BCUT2D eigenvalue weighted by atomic mass is 10.2. The first kappa shape index (κ1) is 15.6. The summed E-state index contributed by atoms with van der Waals surface area (Å²) in [6.07, 6.45) is 1.66. The highest BCUT2D eigenvalue weighted by Gasteiger charge is 2.11. The number of aromatic amines is 2. The minimum absolute atomic E-state index is 0.205. The van der Waals surface area contributed by atoms with E-state index >= 15 is 0 Å². The lowest BCUT2D eigenvalue weighted by molar-refractivity contribution is -0.330. The number of rotatable bonds is 3. The van der Waals surface area contributed by atoms with Crippen molar-refractivity contribution in [2.45, 2.75) is 0 Å². The van der Waals surface area contributed by atoms with E-state index in [-0.39, 0.29) is 5.75 Å². The van der Waals surface area contributed by atoms with Crippen molar-refractivity contribution in [2.75, 3.05) is 0 Å². The smallest absolute Gasteiger partial charge is 0.285 e. The number of hydrogen-bond donors (Lipinski definition) is 2. The standard InChI is InChI=1S/C20H14BrN3O/c21-15-7-10-19(25)14(11-15)12-22-16-8-5-13(6-9-16)20-23-17-3-1-2-4-18(17)24-20/h1-12,25H,(H,23,24)/p+1. The number of aromatic hydroxyl groups is 1. The van der Waals surface area contributed by atoms with Crippen molar-refractivity contribution < 1.29 is 10.1 Å². The van der Waals surface area contributed by atoms with Crippen LogP contribution in [-0.2, 0) is 0 Å². The normalized spacial score (nSPS) is 11.4. The summed E-state index contributed by atoms with van der Waals surface area (Å²) >= 11 is 3.39. The van der Waals surface area contributed by atoms with Gasteiger partial charge in [0.1, 0.15) is 5.75 Å². The van der Waals surface area contributed by atoms with E-state index in [9.17, 15) is 5.11 Å². The summed E-state index contributed by atoms with van der Waals surface area (Å²) in [5.74, 6) is 1.16. The van der Waals surface area contributed by atoms with Crippen molar-refractivity contribution in [3.63, 3.8) is 0 Å². The number of aliphatic imine (C=N–C) groups is 1. The number of phenols is 1. The van der Waals surface area contributed by atoms with E-state index in [4.69, 9.17) is 0 Å². The fourth-order valence-electron chi connectivity index (χ4n) is 2.63. The zero-order valence-corrected chi connectivity index (χ0v) is 14.8. The summed E-state index contributed by atoms with van der Waals surface area (Å²) < 4.78 is 0.899. The summed E-state index contributed by atoms with van der Waals surface area (Å²) in [5.41, 5.74) is 4.69. The van der Waals surface area contributed by atoms with Gasteiger partial charge in [-0.2, -0.15) is 0 Å². The van der Waals surface area contributed by atoms with E-state index in [2.05, 4.69) is 30.9 Å². The lowest BCUT2D eigenvalue weighted by Gasteiger charge is -1.99. The Bertz CT molecular complexity index is 1030. The van der Waals surface area contributed by atoms with Gasteiger partial charge in [0.05, 0.1) is 11.3 Å². The van der Waals surface area contributed by atoms with Crippen LogP contribution in [0.4, 0.5) is 5.69 Å². The molecule has 0 atom stereocenters. The van der Waals surface area contributed by atoms with Crippen molar-refractivity contribution in [3.05, 3.63) is 76.8 Å². The highest BCUT2D eigenvalue weighted by Crippen LogP contribution is 2.23. The average Bonchev–Trinajstić information content (AvgIpc) is 3.07. The van der Waals surface area contributed by atoms with Crippen LogP contribution < -0.4 is 4.98 Å². The molecule has 3 N–H and O–H groups in total. The molecule has 0 fully saturated rings. The number of H-pyrrole nitrogens is 2. The fourth-order valence-corrected chi connectivity index (χ4v) is 3.01. The summed E-state index contributed by atoms with van der Waals surface area (Å²) in [6, 6.07) is 21.3. The van der Waals surface area contributed by atoms with Gasteiger partial charge >= 0.3 is 0 Å². The highest BCUT2D eigenvalue weighted by molar-refractivity contribution is 9.10. The number of fused-ring (bicyclic) bond motifs is 1. The predicted molar refractivity (Wildman–Crippen MR) is 103 cm³/mol. The monoisotopic (exact) mass is 392 g/mol. The van der Waals surface area contributed by atoms with E-state index < -0.39 is 0 Å². The molecule has 25 heavy (non-hydrogen) atoms. The summed E-state index contributed by atoms with van der Waals surface area (Å²) in [6.45, 7) is 0. The zero-order valence-electron chi connectivity index (χ0n) is 13.2. The van der Waals surface area contributed by atoms with Crippen LogP contribution in [-0.4, -0.2) is 16.3 Å². The SMILES string of the molecule is Oc1ccc(Br)cc1C=Nc1ccc(-c2[nH]c3ccccc3[nH+]2)cc1. The van der Waals surface area contributed by atoms with E-state index in [0.717, 1.165) is 32.6 Å². The van der Waals surface area contributed by atoms with Crippen LogP contribution in [0.25, 0.3) is 22.4 Å². The maximum Gasteiger partial charge on any atom is 0.285 e. The molecular formula is C20H15BrN3O+. The Hall–Kier alpha value is -2.92. The van der Waals surface area contributed by atoms with Crippen molar-refractivity contribution in [1.29, 1.82) is 0 Å². The Morgan fingerprint density at radius 2 is 1.80 bits per heavy atom. The number of benzene rings is 3. The van der Waals surface area contributed by atoms with Gasteiger partial charge in [-0.15, -0.1) is 0 Å². The first-order chi connectivity index (χ1) is 12.2. The maximum atomic E-state index is 9.85. The van der Waals surface area contributed by atoms with Gasteiger partial charge in [0, 0.05) is 16.3 Å². The molecule has 0 bridgehead atoms. The number of nitrogens with zero attached hydrogens (tertiary/aromatic N) is 1. The van der Waals surface area contributed by atoms with E-state index in [0.29, 0.717) is 5.56 Å². The third-order valence-electron chi connectivity index (χ3n) is 3.94. The highest BCUT2D eigenvalue weighted by atomic mass is 79.9. The Kier molecular flexibility index (Phi) is 4.07. The first-order valence-electron chi connectivity index (χ1n) is 7.82. The Balaban J connectivity index is 1.59. The molecule has 0 spiro atoms. The second kappa shape index (κ2) is 6.53. The fraction of sp³-hybridized carbons (Fsp3) is 0. The van der Waals surface area contributed by atoms with Gasteiger partial charge in [0.2, 0.25) is 0 Å². The summed E-state index contributed by atoms with van der Waals surface area (Å²) in [7, 11) is 0. The average molecular weight is 393 g/mol. The van der Waals surface area contributed by atoms with Crippen molar-refractivity contribution in [3.8, 4) is 17.1 Å². The molecule has 1 aromatic heterocycles. The zero-order chi connectivity index (χ0) is 17.2. The molecule has 0 amide bonds. The number of nitrogens with one attached hydrogen (secondary N) is 2. The van der Waals surface area contributed by atoms with Gasteiger partial charge < -0.3 is 5.11 Å². The summed E-state index contributed by atoms with van der Waals surface area (Å²) in [4.78, 5) is 11.2. The third kappa shape index (κ3) is 3.32. The van der Waals surface area contributed by atoms with Gasteiger partial charge in [-0.05, 0) is 54.6 Å². The molecule has 0 aliphatic rings. The molecule has 122 valence electrons. The van der Waals surface area contributed by atoms with Crippen LogP contribution in [0, 0.1) is 0 Å². The van der Waals surface area contributed by atoms with Crippen molar-refractivity contribution >= 4 is 38.9 Å². The summed E-state index contributed by atoms with van der Waals surface area (Å²) in [5, 5.41) is 9.85. The van der Waals surface area contributed by atoms with Crippen LogP contribution >= 0.6 is 15.9 Å². The van der Waals surface area contributed by atoms with Crippen molar-refractivity contribution in [2.24, 2.45) is 4.99 Å². The number of halogens is 1.